The van der Waals surface area contributed by atoms with Crippen LogP contribution >= 0.6 is 0 Å². The van der Waals surface area contributed by atoms with E-state index in [0.29, 0.717) is 23.7 Å². The molecule has 0 fully saturated rings. The lowest BCUT2D eigenvalue weighted by molar-refractivity contribution is 0.195. The van der Waals surface area contributed by atoms with Crippen LogP contribution < -0.4 is 19.5 Å². The lowest BCUT2D eigenvalue weighted by Crippen LogP contribution is -2.27. The van der Waals surface area contributed by atoms with Gasteiger partial charge in [0, 0.05) is 18.0 Å². The zero-order valence-electron chi connectivity index (χ0n) is 16.2. The Hall–Kier alpha value is -2.14. The average Bonchev–Trinajstić information content (AvgIpc) is 2.52. The average molecular weight is 347 g/mol. The highest BCUT2D eigenvalue weighted by Gasteiger charge is 2.22. The Morgan fingerprint density at radius 2 is 1.72 bits per heavy atom. The van der Waals surface area contributed by atoms with Crippen LogP contribution in [-0.4, -0.2) is 38.1 Å². The molecule has 0 amide bonds. The fraction of sp³-hybridized carbons (Fsp3) is 0.500. The molecule has 0 unspecified atom stereocenters. The number of benzene rings is 2. The first-order valence-corrected chi connectivity index (χ1v) is 8.42. The van der Waals surface area contributed by atoms with Gasteiger partial charge < -0.3 is 24.6 Å². The number of hydrogen-bond donors (Lipinski definition) is 2. The zero-order valence-corrected chi connectivity index (χ0v) is 16.2. The van der Waals surface area contributed by atoms with E-state index in [2.05, 4.69) is 32.2 Å². The van der Waals surface area contributed by atoms with E-state index < -0.39 is 6.10 Å². The van der Waals surface area contributed by atoms with Gasteiger partial charge in [0.25, 0.3) is 0 Å². The molecule has 0 bridgehead atoms. The number of fused-ring (bicyclic) bond motifs is 1. The maximum atomic E-state index is 9.95. The van der Waals surface area contributed by atoms with Crippen molar-refractivity contribution in [1.82, 2.24) is 0 Å². The largest absolute Gasteiger partial charge is 0.497 e. The first-order valence-electron chi connectivity index (χ1n) is 8.42. The van der Waals surface area contributed by atoms with Crippen molar-refractivity contribution in [2.45, 2.75) is 45.8 Å². The van der Waals surface area contributed by atoms with Gasteiger partial charge in [-0.15, -0.1) is 0 Å². The first-order chi connectivity index (χ1) is 11.7. The van der Waals surface area contributed by atoms with Gasteiger partial charge in [0.1, 0.15) is 11.5 Å². The van der Waals surface area contributed by atoms with Gasteiger partial charge in [0.15, 0.2) is 5.75 Å². The zero-order chi connectivity index (χ0) is 18.8. The molecule has 5 nitrogen and oxygen atoms in total. The fourth-order valence-corrected chi connectivity index (χ4v) is 2.97. The van der Waals surface area contributed by atoms with E-state index in [1.807, 2.05) is 12.1 Å². The second kappa shape index (κ2) is 7.40. The van der Waals surface area contributed by atoms with E-state index in [-0.39, 0.29) is 5.54 Å². The van der Waals surface area contributed by atoms with Crippen molar-refractivity contribution >= 4 is 16.5 Å². The molecule has 0 saturated carbocycles. The summed E-state index contributed by atoms with van der Waals surface area (Å²) in [7, 11) is 4.91. The van der Waals surface area contributed by atoms with E-state index in [4.69, 9.17) is 14.2 Å². The van der Waals surface area contributed by atoms with Gasteiger partial charge in [-0.1, -0.05) is 0 Å². The third-order valence-corrected chi connectivity index (χ3v) is 3.89. The highest BCUT2D eigenvalue weighted by molar-refractivity contribution is 6.00. The lowest BCUT2D eigenvalue weighted by Gasteiger charge is -2.27. The molecule has 0 heterocycles. The number of ether oxygens (including phenoxy) is 3. The summed E-state index contributed by atoms with van der Waals surface area (Å²) in [6.07, 6.45) is 0.0553. The van der Waals surface area contributed by atoms with E-state index in [1.165, 1.54) is 0 Å². The predicted octanol–water partition coefficient (Wildman–Crippen LogP) is 4.00. The number of aliphatic hydroxyl groups is 1. The minimum absolute atomic E-state index is 0.159. The van der Waals surface area contributed by atoms with E-state index in [0.717, 1.165) is 22.0 Å². The van der Waals surface area contributed by atoms with Crippen molar-refractivity contribution in [2.24, 2.45) is 0 Å². The summed E-state index contributed by atoms with van der Waals surface area (Å²) >= 11 is 0. The number of aliphatic hydroxyl groups excluding tert-OH is 1. The SMILES string of the molecule is COc1cc(OC)c2c(OC)c(NC(C)(C)C)c(C[C@@H](C)O)cc2c1. The van der Waals surface area contributed by atoms with Crippen molar-refractivity contribution in [1.29, 1.82) is 0 Å². The van der Waals surface area contributed by atoms with Crippen molar-refractivity contribution in [3.63, 3.8) is 0 Å². The van der Waals surface area contributed by atoms with E-state index in [1.54, 1.807) is 28.3 Å². The minimum Gasteiger partial charge on any atom is -0.497 e. The van der Waals surface area contributed by atoms with E-state index in [9.17, 15) is 5.11 Å². The summed E-state index contributed by atoms with van der Waals surface area (Å²) in [6, 6.07) is 5.86. The molecule has 2 rings (SSSR count). The fourth-order valence-electron chi connectivity index (χ4n) is 2.97. The number of methoxy groups -OCH3 is 3. The standard InChI is InChI=1S/C20H29NO4/c1-12(22)8-14-9-13-10-15(23-5)11-16(24-6)17(13)19(25-7)18(14)21-20(2,3)4/h9-12,21-22H,8H2,1-7H3/t12-/m1/s1. The number of hydrogen-bond acceptors (Lipinski definition) is 5. The Bertz CT molecular complexity index is 748. The summed E-state index contributed by atoms with van der Waals surface area (Å²) in [5, 5.41) is 15.3. The van der Waals surface area contributed by atoms with Crippen molar-refractivity contribution < 1.29 is 19.3 Å². The molecule has 138 valence electrons. The first kappa shape index (κ1) is 19.2. The molecule has 0 aliphatic heterocycles. The van der Waals surface area contributed by atoms with Crippen molar-refractivity contribution in [3.05, 3.63) is 23.8 Å². The Labute approximate surface area is 149 Å². The molecule has 0 aliphatic rings. The summed E-state index contributed by atoms with van der Waals surface area (Å²) in [5.74, 6) is 2.11. The van der Waals surface area contributed by atoms with Crippen LogP contribution in [0, 0.1) is 0 Å². The van der Waals surface area contributed by atoms with Crippen LogP contribution in [0.4, 0.5) is 5.69 Å². The van der Waals surface area contributed by atoms with Crippen LogP contribution in [-0.2, 0) is 6.42 Å². The van der Waals surface area contributed by atoms with Crippen LogP contribution in [0.15, 0.2) is 18.2 Å². The van der Waals surface area contributed by atoms with Crippen LogP contribution in [0.3, 0.4) is 0 Å². The monoisotopic (exact) mass is 347 g/mol. The number of nitrogens with one attached hydrogen (secondary N) is 1. The predicted molar refractivity (Wildman–Crippen MR) is 102 cm³/mol. The van der Waals surface area contributed by atoms with Gasteiger partial charge in [-0.05, 0) is 50.8 Å². The molecule has 0 aromatic heterocycles. The van der Waals surface area contributed by atoms with Gasteiger partial charge in [-0.2, -0.15) is 0 Å². The smallest absolute Gasteiger partial charge is 0.153 e. The lowest BCUT2D eigenvalue weighted by atomic mass is 9.96. The van der Waals surface area contributed by atoms with Crippen LogP contribution in [0.25, 0.3) is 10.8 Å². The van der Waals surface area contributed by atoms with E-state index >= 15 is 0 Å². The third-order valence-electron chi connectivity index (χ3n) is 3.89. The number of anilines is 1. The molecule has 2 aromatic carbocycles. The maximum absolute atomic E-state index is 9.95. The molecule has 25 heavy (non-hydrogen) atoms. The Kier molecular flexibility index (Phi) is 5.68. The topological polar surface area (TPSA) is 60.0 Å². The molecule has 2 aromatic rings. The molecule has 0 spiro atoms. The Morgan fingerprint density at radius 3 is 2.20 bits per heavy atom. The highest BCUT2D eigenvalue weighted by Crippen LogP contribution is 2.44. The molecule has 2 N–H and O–H groups in total. The number of rotatable bonds is 6. The van der Waals surface area contributed by atoms with Gasteiger partial charge in [-0.3, -0.25) is 0 Å². The molecule has 0 saturated heterocycles. The van der Waals surface area contributed by atoms with Crippen LogP contribution in [0.1, 0.15) is 33.3 Å². The summed E-state index contributed by atoms with van der Waals surface area (Å²) < 4.78 is 16.7. The third kappa shape index (κ3) is 4.28. The van der Waals surface area contributed by atoms with Crippen LogP contribution in [0.2, 0.25) is 0 Å². The second-order valence-electron chi connectivity index (χ2n) is 7.30. The summed E-state index contributed by atoms with van der Waals surface area (Å²) in [6.45, 7) is 8.06. The van der Waals surface area contributed by atoms with Gasteiger partial charge in [0.05, 0.1) is 38.5 Å². The Morgan fingerprint density at radius 1 is 1.04 bits per heavy atom. The molecular weight excluding hydrogens is 318 g/mol. The normalized spacial score (nSPS) is 12.8. The summed E-state index contributed by atoms with van der Waals surface area (Å²) in [5.41, 5.74) is 1.71. The maximum Gasteiger partial charge on any atom is 0.153 e. The van der Waals surface area contributed by atoms with Gasteiger partial charge >= 0.3 is 0 Å². The Balaban J connectivity index is 2.85. The minimum atomic E-state index is -0.463. The molecule has 0 radical (unpaired) electrons. The van der Waals surface area contributed by atoms with Crippen molar-refractivity contribution in [2.75, 3.05) is 26.6 Å². The molecule has 5 heteroatoms. The summed E-state index contributed by atoms with van der Waals surface area (Å²) in [4.78, 5) is 0. The van der Waals surface area contributed by atoms with Gasteiger partial charge in [0.2, 0.25) is 0 Å². The van der Waals surface area contributed by atoms with Gasteiger partial charge in [-0.25, -0.2) is 0 Å². The molecule has 0 aliphatic carbocycles. The van der Waals surface area contributed by atoms with Crippen molar-refractivity contribution in [3.8, 4) is 17.2 Å². The highest BCUT2D eigenvalue weighted by atomic mass is 16.5. The van der Waals surface area contributed by atoms with Crippen LogP contribution in [0.5, 0.6) is 17.2 Å². The quantitative estimate of drug-likeness (QED) is 0.827. The second-order valence-corrected chi connectivity index (χ2v) is 7.30. The molecular formula is C20H29NO4. The molecule has 1 atom stereocenters.